The summed E-state index contributed by atoms with van der Waals surface area (Å²) in [5.74, 6) is 0.182. The van der Waals surface area contributed by atoms with Crippen molar-refractivity contribution in [3.63, 3.8) is 0 Å². The quantitative estimate of drug-likeness (QED) is 0.197. The number of ether oxygens (including phenoxy) is 1. The van der Waals surface area contributed by atoms with Crippen LogP contribution in [0, 0.1) is 0 Å². The van der Waals surface area contributed by atoms with E-state index in [1.54, 1.807) is 11.8 Å². The van der Waals surface area contributed by atoms with Gasteiger partial charge in [0.15, 0.2) is 5.78 Å². The Kier molecular flexibility index (Phi) is 9.34. The third kappa shape index (κ3) is 6.98. The van der Waals surface area contributed by atoms with Gasteiger partial charge >= 0.3 is 0 Å². The smallest absolute Gasteiger partial charge is 0.182 e. The molecule has 0 unspecified atom stereocenters. The van der Waals surface area contributed by atoms with Gasteiger partial charge in [-0.2, -0.15) is 0 Å². The van der Waals surface area contributed by atoms with E-state index >= 15 is 0 Å². The average Bonchev–Trinajstić information content (AvgIpc) is 2.98. The van der Waals surface area contributed by atoms with Crippen LogP contribution in [0.2, 0.25) is 0 Å². The van der Waals surface area contributed by atoms with Crippen molar-refractivity contribution in [2.45, 2.75) is 24.3 Å². The first-order valence-electron chi connectivity index (χ1n) is 12.7. The molecule has 1 saturated heterocycles. The molecule has 0 atom stereocenters. The summed E-state index contributed by atoms with van der Waals surface area (Å²) >= 11 is 1.69. The molecule has 0 N–H and O–H groups in total. The summed E-state index contributed by atoms with van der Waals surface area (Å²) in [7, 11) is 0. The lowest BCUT2D eigenvalue weighted by Gasteiger charge is -2.39. The lowest BCUT2D eigenvalue weighted by Crippen LogP contribution is -2.54. The molecule has 1 fully saturated rings. The number of benzene rings is 4. The van der Waals surface area contributed by atoms with E-state index in [1.165, 1.54) is 27.1 Å². The third-order valence-electron chi connectivity index (χ3n) is 6.79. The Balaban J connectivity index is 0.000000173. The molecule has 0 saturated carbocycles. The Morgan fingerprint density at radius 1 is 0.703 bits per heavy atom. The molecule has 4 aromatic rings. The van der Waals surface area contributed by atoms with E-state index in [4.69, 9.17) is 4.74 Å². The molecule has 37 heavy (non-hydrogen) atoms. The van der Waals surface area contributed by atoms with Crippen molar-refractivity contribution in [2.24, 2.45) is 0 Å². The highest BCUT2D eigenvalue weighted by Gasteiger charge is 2.35. The van der Waals surface area contributed by atoms with E-state index < -0.39 is 5.54 Å². The molecule has 4 aromatic carbocycles. The van der Waals surface area contributed by atoms with Crippen molar-refractivity contribution in [1.82, 2.24) is 4.90 Å². The van der Waals surface area contributed by atoms with Gasteiger partial charge in [0.05, 0.1) is 18.8 Å². The fourth-order valence-corrected chi connectivity index (χ4v) is 4.91. The Bertz CT molecular complexity index is 1210. The molecule has 0 amide bonds. The van der Waals surface area contributed by atoms with Crippen molar-refractivity contribution in [2.75, 3.05) is 32.6 Å². The number of hydrogen-bond acceptors (Lipinski definition) is 4. The lowest BCUT2D eigenvalue weighted by molar-refractivity contribution is -0.00430. The molecule has 3 nitrogen and oxygen atoms in total. The number of carbonyl (C=O) groups is 1. The van der Waals surface area contributed by atoms with Crippen LogP contribution in [0.1, 0.15) is 24.2 Å². The molecule has 0 radical (unpaired) electrons. The van der Waals surface area contributed by atoms with Gasteiger partial charge in [-0.25, -0.2) is 0 Å². The second-order valence-electron chi connectivity index (χ2n) is 9.53. The highest BCUT2D eigenvalue weighted by Crippen LogP contribution is 2.26. The second-order valence-corrected chi connectivity index (χ2v) is 10.4. The van der Waals surface area contributed by atoms with Crippen molar-refractivity contribution >= 4 is 17.5 Å². The zero-order valence-electron chi connectivity index (χ0n) is 21.9. The zero-order chi connectivity index (χ0) is 26.1. The van der Waals surface area contributed by atoms with E-state index in [1.807, 2.05) is 56.5 Å². The van der Waals surface area contributed by atoms with Crippen molar-refractivity contribution in [3.05, 3.63) is 115 Å². The van der Waals surface area contributed by atoms with Crippen LogP contribution in [-0.4, -0.2) is 48.8 Å². The molecule has 0 aliphatic carbocycles. The van der Waals surface area contributed by atoms with E-state index in [0.717, 1.165) is 18.7 Å². The second kappa shape index (κ2) is 12.9. The average molecular weight is 510 g/mol. The minimum absolute atomic E-state index is 0.182. The summed E-state index contributed by atoms with van der Waals surface area (Å²) in [4.78, 5) is 16.1. The highest BCUT2D eigenvalue weighted by atomic mass is 32.2. The van der Waals surface area contributed by atoms with Crippen LogP contribution in [0.4, 0.5) is 0 Å². The largest absolute Gasteiger partial charge is 0.379 e. The van der Waals surface area contributed by atoms with Gasteiger partial charge in [-0.1, -0.05) is 91.0 Å². The fraction of sp³-hybridized carbons (Fsp3) is 0.242. The van der Waals surface area contributed by atoms with Crippen molar-refractivity contribution < 1.29 is 9.53 Å². The molecule has 0 bridgehead atoms. The molecular weight excluding hydrogens is 474 g/mol. The van der Waals surface area contributed by atoms with Gasteiger partial charge in [-0.15, -0.1) is 11.8 Å². The Morgan fingerprint density at radius 3 is 1.68 bits per heavy atom. The highest BCUT2D eigenvalue weighted by molar-refractivity contribution is 7.98. The maximum atomic E-state index is 12.7. The lowest BCUT2D eigenvalue weighted by atomic mass is 9.91. The summed E-state index contributed by atoms with van der Waals surface area (Å²) in [5, 5.41) is 0. The third-order valence-corrected chi connectivity index (χ3v) is 7.53. The Morgan fingerprint density at radius 2 is 1.19 bits per heavy atom. The number of thioether (sulfide) groups is 1. The van der Waals surface area contributed by atoms with Gasteiger partial charge in [0, 0.05) is 23.5 Å². The molecule has 190 valence electrons. The Hall–Kier alpha value is -3.18. The number of rotatable bonds is 6. The van der Waals surface area contributed by atoms with Crippen LogP contribution < -0.4 is 0 Å². The summed E-state index contributed by atoms with van der Waals surface area (Å²) in [6, 6.07) is 37.5. The molecule has 1 heterocycles. The van der Waals surface area contributed by atoms with Crippen LogP contribution in [0.3, 0.4) is 0 Å². The van der Waals surface area contributed by atoms with Gasteiger partial charge < -0.3 is 4.74 Å². The van der Waals surface area contributed by atoms with Crippen molar-refractivity contribution in [3.8, 4) is 22.3 Å². The van der Waals surface area contributed by atoms with Crippen LogP contribution in [0.25, 0.3) is 22.3 Å². The van der Waals surface area contributed by atoms with Gasteiger partial charge in [-0.05, 0) is 60.6 Å². The summed E-state index contributed by atoms with van der Waals surface area (Å²) in [6.07, 6.45) is 2.04. The number of morpholine rings is 1. The number of nitrogens with zero attached hydrogens (tertiary/aromatic N) is 1. The normalized spacial score (nSPS) is 13.9. The van der Waals surface area contributed by atoms with Crippen molar-refractivity contribution in [1.29, 1.82) is 0 Å². The number of carbonyl (C=O) groups excluding carboxylic acids is 1. The van der Waals surface area contributed by atoms with Crippen LogP contribution in [0.5, 0.6) is 0 Å². The number of ketones is 1. The minimum Gasteiger partial charge on any atom is -0.379 e. The SMILES string of the molecule is CSc1ccc(C(=O)C(C)(C)N2CCOCC2)cc1.c1ccc(-c2cccc(-c3ccccc3)c2)cc1. The number of Topliss-reactive ketones (excluding diaryl/α,β-unsaturated/α-hetero) is 1. The van der Waals surface area contributed by atoms with Crippen LogP contribution >= 0.6 is 11.8 Å². The first-order valence-corrected chi connectivity index (χ1v) is 13.9. The molecule has 5 rings (SSSR count). The minimum atomic E-state index is -0.468. The van der Waals surface area contributed by atoms with E-state index in [2.05, 4.69) is 77.7 Å². The molecule has 0 aromatic heterocycles. The summed E-state index contributed by atoms with van der Waals surface area (Å²) in [5.41, 5.74) is 5.36. The molecule has 1 aliphatic heterocycles. The van der Waals surface area contributed by atoms with Gasteiger partial charge in [0.1, 0.15) is 0 Å². The molecular formula is C33H35NO2S. The molecule has 0 spiro atoms. The fourth-order valence-electron chi connectivity index (χ4n) is 4.50. The first kappa shape index (κ1) is 26.9. The maximum Gasteiger partial charge on any atom is 0.182 e. The van der Waals surface area contributed by atoms with Gasteiger partial charge in [-0.3, -0.25) is 9.69 Å². The van der Waals surface area contributed by atoms with Crippen LogP contribution in [-0.2, 0) is 4.74 Å². The van der Waals surface area contributed by atoms with E-state index in [0.29, 0.717) is 13.2 Å². The van der Waals surface area contributed by atoms with Gasteiger partial charge in [0.2, 0.25) is 0 Å². The van der Waals surface area contributed by atoms with E-state index in [-0.39, 0.29) is 5.78 Å². The van der Waals surface area contributed by atoms with Crippen LogP contribution in [0.15, 0.2) is 114 Å². The Labute approximate surface area is 225 Å². The van der Waals surface area contributed by atoms with E-state index in [9.17, 15) is 4.79 Å². The topological polar surface area (TPSA) is 29.5 Å². The monoisotopic (exact) mass is 509 g/mol. The van der Waals surface area contributed by atoms with Gasteiger partial charge in [0.25, 0.3) is 0 Å². The number of hydrogen-bond donors (Lipinski definition) is 0. The molecule has 1 aliphatic rings. The maximum absolute atomic E-state index is 12.7. The zero-order valence-corrected chi connectivity index (χ0v) is 22.7. The predicted molar refractivity (Wildman–Crippen MR) is 156 cm³/mol. The standard InChI is InChI=1S/C18H14.C15H21NO2S/c1-3-8-15(9-4-1)17-12-7-13-18(14-17)16-10-5-2-6-11-16;1-15(2,16-8-10-18-11-9-16)14(17)12-4-6-13(19-3)7-5-12/h1-14H;4-7H,8-11H2,1-3H3. The predicted octanol–water partition coefficient (Wildman–Crippen LogP) is 7.72. The summed E-state index contributed by atoms with van der Waals surface area (Å²) < 4.78 is 5.35. The summed E-state index contributed by atoms with van der Waals surface area (Å²) in [6.45, 7) is 7.07. The molecule has 4 heteroatoms. The first-order chi connectivity index (χ1) is 18.0.